The van der Waals surface area contributed by atoms with Crippen LogP contribution in [-0.2, 0) is 4.79 Å². The minimum Gasteiger partial charge on any atom is -0.360 e. The molecule has 2 aromatic heterocycles. The number of amides is 1. The molecule has 1 aliphatic heterocycles. The maximum atomic E-state index is 13.4. The van der Waals surface area contributed by atoms with E-state index in [4.69, 9.17) is 16.1 Å². The Labute approximate surface area is 206 Å². The number of carbonyl (C=O) groups excluding carboxylic acids is 1. The first-order chi connectivity index (χ1) is 16.6. The zero-order valence-electron chi connectivity index (χ0n) is 18.5. The topological polar surface area (TPSA) is 89.1 Å². The second-order valence-corrected chi connectivity index (χ2v) is 9.52. The standard InChI is InChI=1S/C24H23ClN6O2S/c1-16-14-20(29-33-16)26-22(32)21(17-8-3-2-4-9-17)34-24-28-27-23(30-12-5-6-13-30)31(24)19-11-7-10-18(25)15-19/h2-4,7-11,14-15,21H,5-6,12-13H2,1H3,(H,26,29,32). The third-order valence-corrected chi connectivity index (χ3v) is 6.95. The first kappa shape index (κ1) is 22.5. The molecule has 1 amide bonds. The minimum atomic E-state index is -0.591. The fourth-order valence-electron chi connectivity index (χ4n) is 3.92. The van der Waals surface area contributed by atoms with Gasteiger partial charge in [-0.2, -0.15) is 0 Å². The van der Waals surface area contributed by atoms with Gasteiger partial charge in [-0.05, 0) is 43.5 Å². The number of hydrogen-bond donors (Lipinski definition) is 1. The lowest BCUT2D eigenvalue weighted by Gasteiger charge is -2.20. The molecule has 3 heterocycles. The van der Waals surface area contributed by atoms with E-state index in [1.165, 1.54) is 11.8 Å². The van der Waals surface area contributed by atoms with Crippen molar-refractivity contribution < 1.29 is 9.32 Å². The molecule has 0 bridgehead atoms. The Morgan fingerprint density at radius 2 is 1.88 bits per heavy atom. The van der Waals surface area contributed by atoms with Gasteiger partial charge in [-0.3, -0.25) is 9.36 Å². The van der Waals surface area contributed by atoms with E-state index in [1.807, 2.05) is 59.2 Å². The summed E-state index contributed by atoms with van der Waals surface area (Å²) in [5, 5.41) is 16.4. The maximum Gasteiger partial charge on any atom is 0.243 e. The van der Waals surface area contributed by atoms with Gasteiger partial charge in [0, 0.05) is 24.2 Å². The van der Waals surface area contributed by atoms with Crippen molar-refractivity contribution in [3.63, 3.8) is 0 Å². The van der Waals surface area contributed by atoms with E-state index in [1.54, 1.807) is 13.0 Å². The molecule has 1 fully saturated rings. The van der Waals surface area contributed by atoms with Crippen LogP contribution in [0.4, 0.5) is 11.8 Å². The van der Waals surface area contributed by atoms with Crippen molar-refractivity contribution in [2.24, 2.45) is 0 Å². The van der Waals surface area contributed by atoms with Gasteiger partial charge in [0.2, 0.25) is 11.9 Å². The number of nitrogens with one attached hydrogen (secondary N) is 1. The van der Waals surface area contributed by atoms with Crippen LogP contribution in [0, 0.1) is 6.92 Å². The lowest BCUT2D eigenvalue weighted by molar-refractivity contribution is -0.115. The number of aromatic nitrogens is 4. The van der Waals surface area contributed by atoms with Gasteiger partial charge in [-0.1, -0.05) is 64.9 Å². The van der Waals surface area contributed by atoms with E-state index < -0.39 is 5.25 Å². The molecule has 8 nitrogen and oxygen atoms in total. The first-order valence-electron chi connectivity index (χ1n) is 11.0. The molecule has 1 unspecified atom stereocenters. The second-order valence-electron chi connectivity index (χ2n) is 8.01. The van der Waals surface area contributed by atoms with Crippen LogP contribution >= 0.6 is 23.4 Å². The maximum absolute atomic E-state index is 13.4. The normalized spacial score (nSPS) is 14.4. The lowest BCUT2D eigenvalue weighted by Crippen LogP contribution is -2.22. The minimum absolute atomic E-state index is 0.229. The average Bonchev–Trinajstić information content (AvgIpc) is 3.59. The quantitative estimate of drug-likeness (QED) is 0.349. The molecular weight excluding hydrogens is 472 g/mol. The smallest absolute Gasteiger partial charge is 0.243 e. The fraction of sp³-hybridized carbons (Fsp3) is 0.250. The molecule has 0 radical (unpaired) electrons. The Balaban J connectivity index is 1.53. The lowest BCUT2D eigenvalue weighted by atomic mass is 10.1. The van der Waals surface area contributed by atoms with E-state index >= 15 is 0 Å². The van der Waals surface area contributed by atoms with E-state index in [0.29, 0.717) is 21.8 Å². The van der Waals surface area contributed by atoms with Crippen LogP contribution in [0.2, 0.25) is 5.02 Å². The number of carbonyl (C=O) groups is 1. The zero-order chi connectivity index (χ0) is 23.5. The summed E-state index contributed by atoms with van der Waals surface area (Å²) in [5.41, 5.74) is 1.69. The number of anilines is 2. The van der Waals surface area contributed by atoms with Gasteiger partial charge in [0.1, 0.15) is 11.0 Å². The zero-order valence-corrected chi connectivity index (χ0v) is 20.1. The summed E-state index contributed by atoms with van der Waals surface area (Å²) in [6.45, 7) is 3.61. The van der Waals surface area contributed by atoms with Crippen LogP contribution < -0.4 is 10.2 Å². The highest BCUT2D eigenvalue weighted by molar-refractivity contribution is 8.00. The third-order valence-electron chi connectivity index (χ3n) is 5.51. The van der Waals surface area contributed by atoms with E-state index in [2.05, 4.69) is 25.6 Å². The molecule has 1 N–H and O–H groups in total. The summed E-state index contributed by atoms with van der Waals surface area (Å²) < 4.78 is 7.08. The van der Waals surface area contributed by atoms with Crippen LogP contribution in [0.1, 0.15) is 29.4 Å². The molecule has 174 valence electrons. The molecule has 1 atom stereocenters. The Bertz CT molecular complexity index is 1290. The Hall–Kier alpha value is -3.30. The van der Waals surface area contributed by atoms with Crippen molar-refractivity contribution >= 4 is 41.0 Å². The van der Waals surface area contributed by atoms with Crippen molar-refractivity contribution in [1.29, 1.82) is 0 Å². The fourth-order valence-corrected chi connectivity index (χ4v) is 5.16. The molecular formula is C24H23ClN6O2S. The largest absolute Gasteiger partial charge is 0.360 e. The Morgan fingerprint density at radius 1 is 1.09 bits per heavy atom. The summed E-state index contributed by atoms with van der Waals surface area (Å²) in [6, 6.07) is 18.8. The highest BCUT2D eigenvalue weighted by atomic mass is 35.5. The molecule has 34 heavy (non-hydrogen) atoms. The van der Waals surface area contributed by atoms with Gasteiger partial charge in [0.05, 0.1) is 5.69 Å². The highest BCUT2D eigenvalue weighted by Crippen LogP contribution is 2.38. The SMILES string of the molecule is Cc1cc(NC(=O)C(Sc2nnc(N3CCCC3)n2-c2cccc(Cl)c2)c2ccccc2)no1. The van der Waals surface area contributed by atoms with Crippen molar-refractivity contribution in [2.45, 2.75) is 30.2 Å². The summed E-state index contributed by atoms with van der Waals surface area (Å²) in [5.74, 6) is 1.52. The predicted molar refractivity (Wildman–Crippen MR) is 133 cm³/mol. The van der Waals surface area contributed by atoms with Gasteiger partial charge in [-0.25, -0.2) is 0 Å². The Kier molecular flexibility index (Phi) is 6.55. The molecule has 0 aliphatic carbocycles. The number of halogens is 1. The number of aryl methyl sites for hydroxylation is 1. The van der Waals surface area contributed by atoms with Gasteiger partial charge >= 0.3 is 0 Å². The first-order valence-corrected chi connectivity index (χ1v) is 12.3. The van der Waals surface area contributed by atoms with Gasteiger partial charge in [-0.15, -0.1) is 10.2 Å². The van der Waals surface area contributed by atoms with Gasteiger partial charge < -0.3 is 14.7 Å². The molecule has 5 rings (SSSR count). The Morgan fingerprint density at radius 3 is 2.59 bits per heavy atom. The number of hydrogen-bond acceptors (Lipinski definition) is 7. The highest BCUT2D eigenvalue weighted by Gasteiger charge is 2.29. The van der Waals surface area contributed by atoms with Crippen LogP contribution in [0.3, 0.4) is 0 Å². The molecule has 2 aromatic carbocycles. The summed E-state index contributed by atoms with van der Waals surface area (Å²) in [7, 11) is 0. The molecule has 10 heteroatoms. The summed E-state index contributed by atoms with van der Waals surface area (Å²) in [6.07, 6.45) is 2.22. The monoisotopic (exact) mass is 494 g/mol. The van der Waals surface area contributed by atoms with Crippen molar-refractivity contribution in [3.8, 4) is 5.69 Å². The van der Waals surface area contributed by atoms with Gasteiger partial charge in [0.15, 0.2) is 11.0 Å². The van der Waals surface area contributed by atoms with Crippen molar-refractivity contribution in [2.75, 3.05) is 23.3 Å². The van der Waals surface area contributed by atoms with Crippen molar-refractivity contribution in [3.05, 3.63) is 77.0 Å². The van der Waals surface area contributed by atoms with Crippen LogP contribution in [0.15, 0.2) is 70.3 Å². The van der Waals surface area contributed by atoms with E-state index in [0.717, 1.165) is 43.1 Å². The van der Waals surface area contributed by atoms with E-state index in [9.17, 15) is 4.79 Å². The van der Waals surface area contributed by atoms with Crippen molar-refractivity contribution in [1.82, 2.24) is 19.9 Å². The molecule has 1 aliphatic rings. The second kappa shape index (κ2) is 9.90. The predicted octanol–water partition coefficient (Wildman–Crippen LogP) is 5.29. The summed E-state index contributed by atoms with van der Waals surface area (Å²) >= 11 is 7.65. The number of thioether (sulfide) groups is 1. The average molecular weight is 495 g/mol. The number of benzene rings is 2. The van der Waals surface area contributed by atoms with Gasteiger partial charge in [0.25, 0.3) is 0 Å². The molecule has 4 aromatic rings. The van der Waals surface area contributed by atoms with E-state index in [-0.39, 0.29) is 5.91 Å². The third kappa shape index (κ3) is 4.80. The summed E-state index contributed by atoms with van der Waals surface area (Å²) in [4.78, 5) is 15.6. The van der Waals surface area contributed by atoms with Crippen LogP contribution in [0.5, 0.6) is 0 Å². The number of rotatable bonds is 7. The van der Waals surface area contributed by atoms with Crippen LogP contribution in [0.25, 0.3) is 5.69 Å². The molecule has 0 spiro atoms. The molecule has 1 saturated heterocycles. The van der Waals surface area contributed by atoms with Crippen LogP contribution in [-0.4, -0.2) is 38.9 Å². The number of nitrogens with zero attached hydrogens (tertiary/aromatic N) is 5. The molecule has 0 saturated carbocycles.